The predicted molar refractivity (Wildman–Crippen MR) is 90.7 cm³/mol. The van der Waals surface area contributed by atoms with Gasteiger partial charge in [0.1, 0.15) is 9.79 Å². The Hall–Kier alpha value is -0.430. The summed E-state index contributed by atoms with van der Waals surface area (Å²) in [5.41, 5.74) is 0. The minimum atomic E-state index is -14.4. The van der Waals surface area contributed by atoms with Crippen LogP contribution in [-0.2, 0) is 0 Å². The van der Waals surface area contributed by atoms with Gasteiger partial charge in [-0.2, -0.15) is 0 Å². The van der Waals surface area contributed by atoms with Crippen LogP contribution in [-0.4, -0.2) is 0 Å². The molecule has 236 valence electrons. The zero-order valence-electron chi connectivity index (χ0n) is 14.9. The van der Waals surface area contributed by atoms with E-state index in [0.29, 0.717) is 0 Å². The molecule has 0 saturated heterocycles. The van der Waals surface area contributed by atoms with Crippen molar-refractivity contribution in [2.45, 2.75) is 29.4 Å². The standard InChI is InChI=1S/C6HF25S6/c7-33(8,9,10,11)2-1(32)3(34(12,13,14,15)16)5(36(22,23,24,25)26)6(37(27,28,29,30)31)4(2)35(17,18,19,20)21/h32H. The Bertz CT molecular complexity index is 1180. The number of benzene rings is 1. The molecule has 31 heteroatoms. The molecular formula is C6HF25S6. The molecule has 0 saturated carbocycles. The van der Waals surface area contributed by atoms with Crippen molar-refractivity contribution >= 4 is 63.7 Å². The van der Waals surface area contributed by atoms with Gasteiger partial charge in [-0.15, -0.1) is 12.6 Å². The fourth-order valence-electron chi connectivity index (χ4n) is 2.39. The van der Waals surface area contributed by atoms with E-state index in [-0.39, 0.29) is 0 Å². The van der Waals surface area contributed by atoms with Crippen LogP contribution in [0.25, 0.3) is 0 Å². The quantitative estimate of drug-likeness (QED) is 0.226. The Morgan fingerprint density at radius 1 is 0.243 bits per heavy atom. The minimum absolute atomic E-state index is 1.10. The van der Waals surface area contributed by atoms with E-state index in [2.05, 4.69) is 0 Å². The van der Waals surface area contributed by atoms with Gasteiger partial charge in [-0.3, -0.25) is 0 Å². The third kappa shape index (κ3) is 7.41. The third-order valence-corrected chi connectivity index (χ3v) is 10.3. The Balaban J connectivity index is 5.72. The first kappa shape index (κ1) is 34.6. The van der Waals surface area contributed by atoms with Gasteiger partial charge in [0.15, 0.2) is 14.7 Å². The predicted octanol–water partition coefficient (Wildman–Crippen LogP) is 15.3. The number of hydrogen-bond donors (Lipinski definition) is 1. The van der Waals surface area contributed by atoms with Gasteiger partial charge in [-0.1, -0.05) is 97.1 Å². The summed E-state index contributed by atoms with van der Waals surface area (Å²) < 4.78 is 327. The first-order valence-electron chi connectivity index (χ1n) is 6.60. The van der Waals surface area contributed by atoms with Crippen LogP contribution in [0.1, 0.15) is 0 Å². The van der Waals surface area contributed by atoms with Gasteiger partial charge in [0, 0.05) is 0 Å². The molecule has 1 rings (SSSR count). The Labute approximate surface area is 190 Å². The Kier molecular flexibility index (Phi) is 4.64. The van der Waals surface area contributed by atoms with Crippen LogP contribution in [0.5, 0.6) is 0 Å². The molecule has 37 heavy (non-hydrogen) atoms. The van der Waals surface area contributed by atoms with E-state index in [1.165, 1.54) is 0 Å². The van der Waals surface area contributed by atoms with Gasteiger partial charge in [-0.05, 0) is 0 Å². The van der Waals surface area contributed by atoms with E-state index >= 15 is 0 Å². The SMILES string of the molecule is FS(F)(F)(F)(F)c1c(S)c(S(F)(F)(F)(F)F)c(S(F)(F)(F)(F)F)c(S(F)(F)(F)(F)F)c1S(F)(F)(F)(F)F. The maximum atomic E-state index is 13.1. The van der Waals surface area contributed by atoms with Crippen LogP contribution in [0.3, 0.4) is 0 Å². The fraction of sp³-hybridized carbons (Fsp3) is 0. The number of rotatable bonds is 5. The second kappa shape index (κ2) is 4.96. The van der Waals surface area contributed by atoms with Crippen LogP contribution in [0.15, 0.2) is 29.4 Å². The number of halogens is 25. The molecule has 0 atom stereocenters. The van der Waals surface area contributed by atoms with E-state index in [4.69, 9.17) is 0 Å². The van der Waals surface area contributed by atoms with Gasteiger partial charge in [-0.25, -0.2) is 0 Å². The Morgan fingerprint density at radius 2 is 0.351 bits per heavy atom. The van der Waals surface area contributed by atoms with Crippen molar-refractivity contribution in [3.05, 3.63) is 0 Å². The smallest absolute Gasteiger partial charge is 0.140 e. The number of thiol groups is 1. The lowest BCUT2D eigenvalue weighted by molar-refractivity contribution is 0.289. The lowest BCUT2D eigenvalue weighted by Gasteiger charge is -2.57. The molecule has 0 unspecified atom stereocenters. The molecule has 1 aromatic carbocycles. The van der Waals surface area contributed by atoms with E-state index in [9.17, 15) is 97.1 Å². The molecule has 0 aliphatic heterocycles. The largest absolute Gasteiger partial charge is 0.313 e. The highest BCUT2D eigenvalue weighted by Gasteiger charge is 2.88. The topological polar surface area (TPSA) is 0 Å². The molecule has 0 aromatic heterocycles. The molecule has 0 aliphatic carbocycles. The first-order valence-corrected chi connectivity index (χ1v) is 16.8. The van der Waals surface area contributed by atoms with Crippen molar-refractivity contribution < 1.29 is 97.1 Å². The van der Waals surface area contributed by atoms with Gasteiger partial charge in [0.25, 0.3) is 0 Å². The molecule has 0 amide bonds. The molecule has 0 radical (unpaired) electrons. The van der Waals surface area contributed by atoms with E-state index < -0.39 is 80.5 Å². The van der Waals surface area contributed by atoms with E-state index in [0.717, 1.165) is 12.6 Å². The van der Waals surface area contributed by atoms with Crippen molar-refractivity contribution in [2.75, 3.05) is 0 Å². The average Bonchev–Trinajstić information content (AvgIpc) is 2.19. The van der Waals surface area contributed by atoms with Crippen LogP contribution in [0.2, 0.25) is 0 Å². The molecule has 0 bridgehead atoms. The van der Waals surface area contributed by atoms with Crippen LogP contribution in [0.4, 0.5) is 97.1 Å². The molecule has 1 aromatic rings. The van der Waals surface area contributed by atoms with Gasteiger partial charge in [0.05, 0.1) is 4.90 Å². The summed E-state index contributed by atoms with van der Waals surface area (Å²) in [5, 5.41) is 0. The maximum Gasteiger partial charge on any atom is 0.313 e. The molecule has 0 nitrogen and oxygen atoms in total. The molecule has 0 aliphatic rings. The van der Waals surface area contributed by atoms with Crippen molar-refractivity contribution in [2.24, 2.45) is 0 Å². The van der Waals surface area contributed by atoms with Gasteiger partial charge >= 0.3 is 51.1 Å². The van der Waals surface area contributed by atoms with Crippen molar-refractivity contribution in [1.82, 2.24) is 0 Å². The minimum Gasteiger partial charge on any atom is -0.140 e. The van der Waals surface area contributed by atoms with Crippen LogP contribution in [0, 0.1) is 0 Å². The summed E-state index contributed by atoms with van der Waals surface area (Å²) in [7, 11) is -70.1. The molecular weight excluding hydrogens is 739 g/mol. The first-order chi connectivity index (χ1) is 14.0. The average molecular weight is 740 g/mol. The highest BCUT2D eigenvalue weighted by Crippen LogP contribution is 3.19. The highest BCUT2D eigenvalue weighted by molar-refractivity contribution is 8.51. The number of hydrogen-bond acceptors (Lipinski definition) is 1. The summed E-state index contributed by atoms with van der Waals surface area (Å²) in [6.07, 6.45) is 0. The van der Waals surface area contributed by atoms with Crippen molar-refractivity contribution in [3.63, 3.8) is 0 Å². The normalized spacial score (nSPS) is 24.5. The lowest BCUT2D eigenvalue weighted by Crippen LogP contribution is -2.29. The monoisotopic (exact) mass is 740 g/mol. The molecule has 0 spiro atoms. The maximum absolute atomic E-state index is 14.4. The zero-order valence-corrected chi connectivity index (χ0v) is 19.9. The summed E-state index contributed by atoms with van der Waals surface area (Å²) in [6.45, 7) is 0. The van der Waals surface area contributed by atoms with Crippen LogP contribution >= 0.6 is 63.7 Å². The van der Waals surface area contributed by atoms with E-state index in [1.807, 2.05) is 0 Å². The Morgan fingerprint density at radius 3 is 0.459 bits per heavy atom. The third-order valence-electron chi connectivity index (χ3n) is 3.18. The molecule has 0 heterocycles. The van der Waals surface area contributed by atoms with E-state index in [1.54, 1.807) is 0 Å². The second-order valence-corrected chi connectivity index (χ2v) is 19.0. The highest BCUT2D eigenvalue weighted by atomic mass is 32.5. The van der Waals surface area contributed by atoms with Gasteiger partial charge in [0.2, 0.25) is 0 Å². The van der Waals surface area contributed by atoms with Crippen molar-refractivity contribution in [3.8, 4) is 0 Å². The summed E-state index contributed by atoms with van der Waals surface area (Å²) in [6, 6.07) is 0. The van der Waals surface area contributed by atoms with Crippen LogP contribution < -0.4 is 0 Å². The fourth-order valence-corrected chi connectivity index (χ4v) is 12.4. The summed E-state index contributed by atoms with van der Waals surface area (Å²) in [4.78, 5) is -42.1. The zero-order chi connectivity index (χ0) is 31.5. The second-order valence-electron chi connectivity index (χ2n) is 6.84. The molecule has 0 N–H and O–H groups in total. The van der Waals surface area contributed by atoms with Crippen molar-refractivity contribution in [1.29, 1.82) is 0 Å². The molecule has 0 fully saturated rings. The van der Waals surface area contributed by atoms with Gasteiger partial charge < -0.3 is 0 Å². The summed E-state index contributed by atoms with van der Waals surface area (Å²) in [5.74, 6) is 0. The summed E-state index contributed by atoms with van der Waals surface area (Å²) >= 11 is 1.10. The lowest BCUT2D eigenvalue weighted by atomic mass is 10.3.